The quantitative estimate of drug-likeness (QED) is 0.465. The first kappa shape index (κ1) is 11.7. The third-order valence-corrected chi connectivity index (χ3v) is 2.41. The second kappa shape index (κ2) is 4.62. The largest absolute Gasteiger partial charge is 0.384 e. The van der Waals surface area contributed by atoms with Crippen molar-refractivity contribution in [2.24, 2.45) is 11.5 Å². The Bertz CT molecular complexity index is 529. The summed E-state index contributed by atoms with van der Waals surface area (Å²) in [5.74, 6) is -0.0390. The van der Waals surface area contributed by atoms with Gasteiger partial charge in [-0.2, -0.15) is 0 Å². The number of nitrogens with zero attached hydrogens (tertiary/aromatic N) is 2. The van der Waals surface area contributed by atoms with Crippen molar-refractivity contribution < 1.29 is 0 Å². The van der Waals surface area contributed by atoms with Crippen LogP contribution in [0, 0.1) is 10.8 Å². The van der Waals surface area contributed by atoms with Gasteiger partial charge in [0.2, 0.25) is 0 Å². The Morgan fingerprint density at radius 2 is 1.17 bits per heavy atom. The van der Waals surface area contributed by atoms with E-state index in [0.29, 0.717) is 22.5 Å². The van der Waals surface area contributed by atoms with Crippen LogP contribution >= 0.6 is 0 Å². The smallest absolute Gasteiger partial charge is 0.124 e. The van der Waals surface area contributed by atoms with Crippen molar-refractivity contribution in [3.05, 3.63) is 47.8 Å². The molecule has 0 amide bonds. The molecule has 0 saturated heterocycles. The van der Waals surface area contributed by atoms with Crippen molar-refractivity contribution >= 4 is 11.7 Å². The average molecular weight is 240 g/mol. The normalized spacial score (nSPS) is 10.0. The monoisotopic (exact) mass is 240 g/mol. The zero-order chi connectivity index (χ0) is 13.1. The summed E-state index contributed by atoms with van der Waals surface area (Å²) >= 11 is 0. The SMILES string of the molecule is N=C(N)c1ccc(-c2ccc(C(=N)N)cn2)nc1. The lowest BCUT2D eigenvalue weighted by molar-refractivity contribution is 1.23. The number of nitrogens with one attached hydrogen (secondary N) is 2. The van der Waals surface area contributed by atoms with Crippen LogP contribution in [-0.2, 0) is 0 Å². The molecule has 6 heteroatoms. The van der Waals surface area contributed by atoms with Gasteiger partial charge in [0.15, 0.2) is 0 Å². The molecule has 0 aliphatic heterocycles. The van der Waals surface area contributed by atoms with Crippen molar-refractivity contribution in [1.82, 2.24) is 9.97 Å². The van der Waals surface area contributed by atoms with Gasteiger partial charge in [0.05, 0.1) is 11.4 Å². The second-order valence-electron chi connectivity index (χ2n) is 3.69. The molecule has 0 bridgehead atoms. The van der Waals surface area contributed by atoms with Crippen molar-refractivity contribution in [1.29, 1.82) is 10.8 Å². The standard InChI is InChI=1S/C12H12N6/c13-11(14)7-1-3-9(17-5-7)10-4-2-8(6-18-10)12(15)16/h1-6H,(H3,13,14)(H3,15,16). The van der Waals surface area contributed by atoms with Crippen LogP contribution in [0.4, 0.5) is 0 Å². The predicted octanol–water partition coefficient (Wildman–Crippen LogP) is 0.712. The summed E-state index contributed by atoms with van der Waals surface area (Å²) in [6.07, 6.45) is 3.05. The number of rotatable bonds is 3. The van der Waals surface area contributed by atoms with Gasteiger partial charge < -0.3 is 11.5 Å². The second-order valence-corrected chi connectivity index (χ2v) is 3.69. The summed E-state index contributed by atoms with van der Waals surface area (Å²) in [7, 11) is 0. The Morgan fingerprint density at radius 3 is 1.39 bits per heavy atom. The molecule has 0 saturated carbocycles. The minimum atomic E-state index is -0.0195. The van der Waals surface area contributed by atoms with Crippen LogP contribution in [0.15, 0.2) is 36.7 Å². The first-order chi connectivity index (χ1) is 8.58. The molecule has 2 heterocycles. The van der Waals surface area contributed by atoms with Gasteiger partial charge in [0.1, 0.15) is 11.7 Å². The number of nitrogen functional groups attached to an aromatic ring is 2. The van der Waals surface area contributed by atoms with E-state index in [2.05, 4.69) is 9.97 Å². The molecule has 2 rings (SSSR count). The lowest BCUT2D eigenvalue weighted by Gasteiger charge is -2.03. The minimum Gasteiger partial charge on any atom is -0.384 e. The van der Waals surface area contributed by atoms with Gasteiger partial charge >= 0.3 is 0 Å². The first-order valence-electron chi connectivity index (χ1n) is 5.19. The Hall–Kier alpha value is -2.76. The number of hydrogen-bond acceptors (Lipinski definition) is 4. The average Bonchev–Trinajstić information content (AvgIpc) is 2.39. The summed E-state index contributed by atoms with van der Waals surface area (Å²) in [5, 5.41) is 14.5. The first-order valence-corrected chi connectivity index (χ1v) is 5.19. The maximum absolute atomic E-state index is 7.27. The van der Waals surface area contributed by atoms with Crippen molar-refractivity contribution in [3.8, 4) is 11.4 Å². The third-order valence-electron chi connectivity index (χ3n) is 2.41. The van der Waals surface area contributed by atoms with Gasteiger partial charge in [0.25, 0.3) is 0 Å². The van der Waals surface area contributed by atoms with E-state index in [4.69, 9.17) is 22.3 Å². The van der Waals surface area contributed by atoms with E-state index in [1.54, 1.807) is 24.3 Å². The number of pyridine rings is 2. The van der Waals surface area contributed by atoms with Gasteiger partial charge in [0, 0.05) is 23.5 Å². The fraction of sp³-hybridized carbons (Fsp3) is 0. The third kappa shape index (κ3) is 2.32. The molecule has 2 aromatic rings. The van der Waals surface area contributed by atoms with Crippen LogP contribution < -0.4 is 11.5 Å². The summed E-state index contributed by atoms with van der Waals surface area (Å²) in [6, 6.07) is 6.91. The highest BCUT2D eigenvalue weighted by molar-refractivity contribution is 5.95. The highest BCUT2D eigenvalue weighted by Gasteiger charge is 2.03. The minimum absolute atomic E-state index is 0.0195. The summed E-state index contributed by atoms with van der Waals surface area (Å²) in [6.45, 7) is 0. The Balaban J connectivity index is 2.31. The van der Waals surface area contributed by atoms with Crippen molar-refractivity contribution in [2.45, 2.75) is 0 Å². The zero-order valence-electron chi connectivity index (χ0n) is 9.51. The summed E-state index contributed by atoms with van der Waals surface area (Å²) in [4.78, 5) is 8.35. The highest BCUT2D eigenvalue weighted by atomic mass is 14.8. The fourth-order valence-corrected chi connectivity index (χ4v) is 1.41. The van der Waals surface area contributed by atoms with E-state index in [-0.39, 0.29) is 11.7 Å². The van der Waals surface area contributed by atoms with Crippen LogP contribution in [0.3, 0.4) is 0 Å². The topological polar surface area (TPSA) is 126 Å². The highest BCUT2D eigenvalue weighted by Crippen LogP contribution is 2.14. The molecular formula is C12H12N6. The Morgan fingerprint density at radius 1 is 0.778 bits per heavy atom. The lowest BCUT2D eigenvalue weighted by Crippen LogP contribution is -2.11. The van der Waals surface area contributed by atoms with Gasteiger partial charge in [-0.1, -0.05) is 0 Å². The number of aromatic nitrogens is 2. The molecule has 0 spiro atoms. The van der Waals surface area contributed by atoms with E-state index in [0.717, 1.165) is 0 Å². The number of hydrogen-bond donors (Lipinski definition) is 4. The molecule has 0 atom stereocenters. The molecule has 0 aliphatic carbocycles. The Labute approximate surface area is 104 Å². The predicted molar refractivity (Wildman–Crippen MR) is 69.5 cm³/mol. The van der Waals surface area contributed by atoms with Gasteiger partial charge in [-0.25, -0.2) is 0 Å². The molecule has 0 unspecified atom stereocenters. The molecule has 0 radical (unpaired) electrons. The lowest BCUT2D eigenvalue weighted by atomic mass is 10.2. The molecule has 0 fully saturated rings. The molecule has 18 heavy (non-hydrogen) atoms. The maximum atomic E-state index is 7.27. The number of amidine groups is 2. The van der Waals surface area contributed by atoms with Crippen molar-refractivity contribution in [2.75, 3.05) is 0 Å². The van der Waals surface area contributed by atoms with Gasteiger partial charge in [-0.15, -0.1) is 0 Å². The van der Waals surface area contributed by atoms with Crippen LogP contribution in [0.2, 0.25) is 0 Å². The van der Waals surface area contributed by atoms with Crippen LogP contribution in [0.1, 0.15) is 11.1 Å². The summed E-state index contributed by atoms with van der Waals surface area (Å²) in [5.41, 5.74) is 13.2. The van der Waals surface area contributed by atoms with Crippen LogP contribution in [0.25, 0.3) is 11.4 Å². The van der Waals surface area contributed by atoms with E-state index in [9.17, 15) is 0 Å². The van der Waals surface area contributed by atoms with Gasteiger partial charge in [-0.05, 0) is 24.3 Å². The Kier molecular flexibility index (Phi) is 3.01. The van der Waals surface area contributed by atoms with E-state index < -0.39 is 0 Å². The number of nitrogens with two attached hydrogens (primary N) is 2. The maximum Gasteiger partial charge on any atom is 0.124 e. The molecule has 6 nitrogen and oxygen atoms in total. The molecule has 0 aromatic carbocycles. The van der Waals surface area contributed by atoms with Crippen LogP contribution in [0.5, 0.6) is 0 Å². The summed E-state index contributed by atoms with van der Waals surface area (Å²) < 4.78 is 0. The van der Waals surface area contributed by atoms with Gasteiger partial charge in [-0.3, -0.25) is 20.8 Å². The van der Waals surface area contributed by atoms with Crippen molar-refractivity contribution in [3.63, 3.8) is 0 Å². The molecular weight excluding hydrogens is 228 g/mol. The molecule has 0 aliphatic rings. The van der Waals surface area contributed by atoms with E-state index in [1.165, 1.54) is 12.4 Å². The van der Waals surface area contributed by atoms with E-state index in [1.807, 2.05) is 0 Å². The van der Waals surface area contributed by atoms with Crippen LogP contribution in [-0.4, -0.2) is 21.6 Å². The van der Waals surface area contributed by atoms with E-state index >= 15 is 0 Å². The molecule has 2 aromatic heterocycles. The molecule has 6 N–H and O–H groups in total. The fourth-order valence-electron chi connectivity index (χ4n) is 1.41. The molecule has 90 valence electrons. The zero-order valence-corrected chi connectivity index (χ0v) is 9.51.